The molecule has 5 nitrogen and oxygen atoms in total. The van der Waals surface area contributed by atoms with E-state index >= 15 is 0 Å². The highest BCUT2D eigenvalue weighted by Gasteiger charge is 2.34. The van der Waals surface area contributed by atoms with Crippen LogP contribution in [0.25, 0.3) is 6.08 Å². The normalized spacial score (nSPS) is 17.3. The van der Waals surface area contributed by atoms with Crippen LogP contribution in [0.2, 0.25) is 0 Å². The van der Waals surface area contributed by atoms with Gasteiger partial charge in [-0.2, -0.15) is 8.42 Å². The lowest BCUT2D eigenvalue weighted by molar-refractivity contribution is -0.121. The average molecular weight is 431 g/mol. The molecule has 1 aliphatic rings. The summed E-state index contributed by atoms with van der Waals surface area (Å²) < 4.78 is 43.3. The zero-order valence-corrected chi connectivity index (χ0v) is 17.3. The highest BCUT2D eigenvalue weighted by Crippen LogP contribution is 2.34. The summed E-state index contributed by atoms with van der Waals surface area (Å²) in [6.07, 6.45) is 3.66. The first-order valence-electron chi connectivity index (χ1n) is 8.86. The quantitative estimate of drug-likeness (QED) is 0.508. The van der Waals surface area contributed by atoms with Crippen LogP contribution in [0.1, 0.15) is 18.1 Å². The Morgan fingerprint density at radius 1 is 1.17 bits per heavy atom. The van der Waals surface area contributed by atoms with Gasteiger partial charge in [-0.15, -0.1) is 11.0 Å². The van der Waals surface area contributed by atoms with Crippen molar-refractivity contribution in [1.29, 1.82) is 0 Å². The minimum atomic E-state index is -4.01. The maximum atomic E-state index is 13.9. The Bertz CT molecular complexity index is 1110. The number of halogens is 1. The number of rotatable bonds is 6. The van der Waals surface area contributed by atoms with Crippen LogP contribution in [0.5, 0.6) is 0 Å². The number of carbonyl (C=O) groups is 1. The summed E-state index contributed by atoms with van der Waals surface area (Å²) in [7, 11) is -4.01. The maximum Gasteiger partial charge on any atom is 0.284 e. The van der Waals surface area contributed by atoms with Gasteiger partial charge in [0.25, 0.3) is 15.9 Å². The molecule has 8 heteroatoms. The Labute approximate surface area is 173 Å². The van der Waals surface area contributed by atoms with Gasteiger partial charge in [-0.3, -0.25) is 9.69 Å². The molecule has 0 bridgehead atoms. The highest BCUT2D eigenvalue weighted by molar-refractivity contribution is 8.19. The van der Waals surface area contributed by atoms with Gasteiger partial charge in [-0.1, -0.05) is 43.3 Å². The van der Waals surface area contributed by atoms with E-state index < -0.39 is 21.7 Å². The Morgan fingerprint density at radius 3 is 2.48 bits per heavy atom. The van der Waals surface area contributed by atoms with Gasteiger partial charge < -0.3 is 0 Å². The van der Waals surface area contributed by atoms with Crippen molar-refractivity contribution in [2.45, 2.75) is 18.2 Å². The molecular formula is C21H19FN2O3S2. The molecule has 0 N–H and O–H groups in total. The van der Waals surface area contributed by atoms with Crippen molar-refractivity contribution >= 4 is 38.9 Å². The van der Waals surface area contributed by atoms with Crippen LogP contribution in [-0.4, -0.2) is 30.9 Å². The molecule has 1 heterocycles. The van der Waals surface area contributed by atoms with Crippen molar-refractivity contribution in [1.82, 2.24) is 4.90 Å². The first-order chi connectivity index (χ1) is 13.9. The number of amidine groups is 1. The second-order valence-electron chi connectivity index (χ2n) is 6.18. The summed E-state index contributed by atoms with van der Waals surface area (Å²) in [5.41, 5.74) is 1.24. The third-order valence-electron chi connectivity index (χ3n) is 4.22. The molecule has 0 aromatic heterocycles. The van der Waals surface area contributed by atoms with E-state index in [-0.39, 0.29) is 27.1 Å². The summed E-state index contributed by atoms with van der Waals surface area (Å²) in [5.74, 6) is -0.925. The lowest BCUT2D eigenvalue weighted by atomic mass is 10.2. The standard InChI is InChI=1S/C21H19FN2O3S2/c1-3-13-24-20(25)19(14-16-7-5-6-8-18(16)22)28-21(24)23-29(26,27)17-11-9-15(4-2)10-12-17/h3,5-12,14H,1,4,13H2,2H3. The van der Waals surface area contributed by atoms with Crippen molar-refractivity contribution in [2.75, 3.05) is 6.54 Å². The van der Waals surface area contributed by atoms with Crippen molar-refractivity contribution in [3.05, 3.63) is 83.0 Å². The largest absolute Gasteiger partial charge is 0.284 e. The first kappa shape index (κ1) is 21.0. The topological polar surface area (TPSA) is 66.8 Å². The molecule has 3 rings (SSSR count). The molecule has 150 valence electrons. The van der Waals surface area contributed by atoms with E-state index in [1.165, 1.54) is 41.3 Å². The van der Waals surface area contributed by atoms with Crippen LogP contribution in [0.3, 0.4) is 0 Å². The number of hydrogen-bond acceptors (Lipinski definition) is 4. The number of carbonyl (C=O) groups excluding carboxylic acids is 1. The highest BCUT2D eigenvalue weighted by atomic mass is 32.2. The molecule has 0 aliphatic carbocycles. The van der Waals surface area contributed by atoms with E-state index in [2.05, 4.69) is 11.0 Å². The third-order valence-corrected chi connectivity index (χ3v) is 6.62. The van der Waals surface area contributed by atoms with Crippen molar-refractivity contribution < 1.29 is 17.6 Å². The van der Waals surface area contributed by atoms with Gasteiger partial charge in [0.1, 0.15) is 5.82 Å². The Kier molecular flexibility index (Phi) is 6.34. The van der Waals surface area contributed by atoms with E-state index in [9.17, 15) is 17.6 Å². The van der Waals surface area contributed by atoms with Gasteiger partial charge in [-0.05, 0) is 48.0 Å². The molecule has 0 saturated carbocycles. The molecular weight excluding hydrogens is 411 g/mol. The van der Waals surface area contributed by atoms with E-state index in [1.54, 1.807) is 24.3 Å². The molecule has 2 aromatic rings. The number of hydrogen-bond donors (Lipinski definition) is 0. The Balaban J connectivity index is 1.99. The fourth-order valence-corrected chi connectivity index (χ4v) is 4.83. The van der Waals surface area contributed by atoms with Crippen LogP contribution in [0.15, 0.2) is 75.4 Å². The Morgan fingerprint density at radius 2 is 1.86 bits per heavy atom. The molecule has 1 saturated heterocycles. The number of nitrogens with zero attached hydrogens (tertiary/aromatic N) is 2. The van der Waals surface area contributed by atoms with Crippen molar-refractivity contribution in [3.8, 4) is 0 Å². The van der Waals surface area contributed by atoms with Gasteiger partial charge in [0.15, 0.2) is 5.17 Å². The second-order valence-corrected chi connectivity index (χ2v) is 8.80. The SMILES string of the molecule is C=CCN1C(=O)C(=Cc2ccccc2F)SC1=NS(=O)(=O)c1ccc(CC)cc1. The minimum Gasteiger partial charge on any atom is -0.282 e. The van der Waals surface area contributed by atoms with Crippen LogP contribution >= 0.6 is 11.8 Å². The van der Waals surface area contributed by atoms with Gasteiger partial charge in [0.05, 0.1) is 9.80 Å². The van der Waals surface area contributed by atoms with E-state index in [1.807, 2.05) is 6.92 Å². The fourth-order valence-electron chi connectivity index (χ4n) is 2.65. The van der Waals surface area contributed by atoms with Gasteiger partial charge >= 0.3 is 0 Å². The Hall–Kier alpha value is -2.71. The van der Waals surface area contributed by atoms with Gasteiger partial charge in [0, 0.05) is 12.1 Å². The number of benzene rings is 2. The van der Waals surface area contributed by atoms with E-state index in [0.29, 0.717) is 0 Å². The predicted molar refractivity (Wildman–Crippen MR) is 114 cm³/mol. The molecule has 2 aromatic carbocycles. The maximum absolute atomic E-state index is 13.9. The lowest BCUT2D eigenvalue weighted by Gasteiger charge is -2.12. The summed E-state index contributed by atoms with van der Waals surface area (Å²) in [5, 5.41) is 0.0112. The molecule has 0 radical (unpaired) electrons. The number of aryl methyl sites for hydroxylation is 1. The summed E-state index contributed by atoms with van der Waals surface area (Å²) in [6, 6.07) is 12.5. The van der Waals surface area contributed by atoms with Gasteiger partial charge in [0.2, 0.25) is 0 Å². The number of sulfonamides is 1. The van der Waals surface area contributed by atoms with Gasteiger partial charge in [-0.25, -0.2) is 4.39 Å². The second kappa shape index (κ2) is 8.75. The molecule has 1 aliphatic heterocycles. The zero-order chi connectivity index (χ0) is 21.0. The predicted octanol–water partition coefficient (Wildman–Crippen LogP) is 4.24. The van der Waals surface area contributed by atoms with E-state index in [0.717, 1.165) is 23.7 Å². The molecule has 1 amide bonds. The number of thioether (sulfide) groups is 1. The van der Waals surface area contributed by atoms with E-state index in [4.69, 9.17) is 0 Å². The lowest BCUT2D eigenvalue weighted by Crippen LogP contribution is -2.29. The van der Waals surface area contributed by atoms with Crippen LogP contribution in [0, 0.1) is 5.82 Å². The monoisotopic (exact) mass is 430 g/mol. The smallest absolute Gasteiger partial charge is 0.282 e. The first-order valence-corrected chi connectivity index (χ1v) is 11.1. The van der Waals surface area contributed by atoms with Crippen LogP contribution < -0.4 is 0 Å². The zero-order valence-electron chi connectivity index (χ0n) is 15.7. The summed E-state index contributed by atoms with van der Waals surface area (Å²) in [4.78, 5) is 14.2. The van der Waals surface area contributed by atoms with Crippen molar-refractivity contribution in [3.63, 3.8) is 0 Å². The van der Waals surface area contributed by atoms with Crippen LogP contribution in [-0.2, 0) is 21.2 Å². The van der Waals surface area contributed by atoms with Crippen molar-refractivity contribution in [2.24, 2.45) is 4.40 Å². The molecule has 1 fully saturated rings. The average Bonchev–Trinajstić information content (AvgIpc) is 2.98. The summed E-state index contributed by atoms with van der Waals surface area (Å²) >= 11 is 0.893. The molecule has 29 heavy (non-hydrogen) atoms. The minimum absolute atomic E-state index is 0.0112. The molecule has 0 spiro atoms. The molecule has 0 unspecified atom stereocenters. The molecule has 0 atom stereocenters. The number of amides is 1. The fraction of sp³-hybridized carbons (Fsp3) is 0.143. The third kappa shape index (κ3) is 4.65. The summed E-state index contributed by atoms with van der Waals surface area (Å²) in [6.45, 7) is 5.66. The van der Waals surface area contributed by atoms with Crippen LogP contribution in [0.4, 0.5) is 4.39 Å².